The topological polar surface area (TPSA) is 44.8 Å². The summed E-state index contributed by atoms with van der Waals surface area (Å²) in [6, 6.07) is 4.58. The highest BCUT2D eigenvalue weighted by molar-refractivity contribution is 5.85. The zero-order valence-corrected chi connectivity index (χ0v) is 16.6. The summed E-state index contributed by atoms with van der Waals surface area (Å²) in [7, 11) is 3.45. The van der Waals surface area contributed by atoms with E-state index in [0.717, 1.165) is 18.7 Å². The first-order valence-electron chi connectivity index (χ1n) is 8.03. The van der Waals surface area contributed by atoms with Crippen LogP contribution in [0.2, 0.25) is 0 Å². The minimum Gasteiger partial charge on any atom is -0.496 e. The number of amides is 1. The van der Waals surface area contributed by atoms with Gasteiger partial charge in [-0.2, -0.15) is 0 Å². The Bertz CT molecular complexity index is 541. The molecule has 1 aromatic carbocycles. The average molecular weight is 396 g/mol. The molecule has 1 unspecified atom stereocenters. The largest absolute Gasteiger partial charge is 0.496 e. The summed E-state index contributed by atoms with van der Waals surface area (Å²) < 4.78 is 18.7. The smallest absolute Gasteiger partial charge is 0.226 e. The lowest BCUT2D eigenvalue weighted by Crippen LogP contribution is -2.50. The molecule has 1 aromatic rings. The number of rotatable bonds is 6. The number of carbonyl (C=O) groups is 1. The third-order valence-electron chi connectivity index (χ3n) is 4.25. The van der Waals surface area contributed by atoms with Gasteiger partial charge in [-0.15, -0.1) is 24.8 Å². The van der Waals surface area contributed by atoms with Gasteiger partial charge in [0, 0.05) is 50.7 Å². The minimum atomic E-state index is -0.254. The van der Waals surface area contributed by atoms with Crippen molar-refractivity contribution in [1.82, 2.24) is 15.1 Å². The van der Waals surface area contributed by atoms with Gasteiger partial charge in [-0.3, -0.25) is 9.69 Å². The van der Waals surface area contributed by atoms with Crippen LogP contribution in [-0.4, -0.2) is 62.6 Å². The van der Waals surface area contributed by atoms with E-state index in [1.54, 1.807) is 13.2 Å². The molecule has 0 radical (unpaired) electrons. The van der Waals surface area contributed by atoms with Gasteiger partial charge in [0.1, 0.15) is 11.6 Å². The van der Waals surface area contributed by atoms with Gasteiger partial charge < -0.3 is 15.0 Å². The Morgan fingerprint density at radius 1 is 1.28 bits per heavy atom. The van der Waals surface area contributed by atoms with Gasteiger partial charge in [0.05, 0.1) is 7.11 Å². The number of hydrogen-bond donors (Lipinski definition) is 1. The number of nitrogens with zero attached hydrogens (tertiary/aromatic N) is 2. The Hall–Kier alpha value is -1.08. The van der Waals surface area contributed by atoms with Crippen LogP contribution in [-0.2, 0) is 11.3 Å². The van der Waals surface area contributed by atoms with Crippen LogP contribution in [0.1, 0.15) is 12.5 Å². The average Bonchev–Trinajstić information content (AvgIpc) is 2.55. The van der Waals surface area contributed by atoms with Crippen molar-refractivity contribution >= 4 is 30.7 Å². The van der Waals surface area contributed by atoms with Crippen LogP contribution in [0.4, 0.5) is 4.39 Å². The highest BCUT2D eigenvalue weighted by Crippen LogP contribution is 2.21. The molecule has 1 N–H and O–H groups in total. The molecule has 1 aliphatic rings. The summed E-state index contributed by atoms with van der Waals surface area (Å²) >= 11 is 0. The van der Waals surface area contributed by atoms with Gasteiger partial charge in [0.15, 0.2) is 0 Å². The van der Waals surface area contributed by atoms with Gasteiger partial charge in [0.25, 0.3) is 0 Å². The van der Waals surface area contributed by atoms with Gasteiger partial charge in [-0.1, -0.05) is 6.92 Å². The normalized spacial score (nSPS) is 15.8. The number of hydrogen-bond acceptors (Lipinski definition) is 4. The molecule has 1 aliphatic heterocycles. The van der Waals surface area contributed by atoms with Crippen molar-refractivity contribution in [2.24, 2.45) is 5.92 Å². The molecule has 1 saturated heterocycles. The zero-order chi connectivity index (χ0) is 16.8. The lowest BCUT2D eigenvalue weighted by Gasteiger charge is -2.36. The van der Waals surface area contributed by atoms with E-state index < -0.39 is 0 Å². The van der Waals surface area contributed by atoms with E-state index in [2.05, 4.69) is 10.2 Å². The third-order valence-corrected chi connectivity index (χ3v) is 4.25. The van der Waals surface area contributed by atoms with Crippen molar-refractivity contribution in [3.8, 4) is 5.75 Å². The first-order valence-corrected chi connectivity index (χ1v) is 8.03. The molecular formula is C17H28Cl2FN3O2. The molecule has 144 valence electrons. The number of ether oxygens (including phenoxy) is 1. The standard InChI is InChI=1S/C17H26FN3O2.2ClH/c1-13(11-19-2)17(22)21-8-6-20(7-9-21)12-14-10-15(18)4-5-16(14)23-3;;/h4-5,10,13,19H,6-9,11-12H2,1-3H3;2*1H. The Kier molecular flexibility index (Phi) is 11.0. The molecule has 2 rings (SSSR count). The monoisotopic (exact) mass is 395 g/mol. The van der Waals surface area contributed by atoms with Crippen LogP contribution >= 0.6 is 24.8 Å². The van der Waals surface area contributed by atoms with Gasteiger partial charge in [0.2, 0.25) is 5.91 Å². The summed E-state index contributed by atoms with van der Waals surface area (Å²) in [5.41, 5.74) is 0.843. The van der Waals surface area contributed by atoms with E-state index in [-0.39, 0.29) is 42.5 Å². The number of carbonyl (C=O) groups excluding carboxylic acids is 1. The van der Waals surface area contributed by atoms with Crippen LogP contribution in [0, 0.1) is 11.7 Å². The van der Waals surface area contributed by atoms with Gasteiger partial charge in [-0.25, -0.2) is 4.39 Å². The number of halogens is 3. The molecule has 1 atom stereocenters. The number of methoxy groups -OCH3 is 1. The molecule has 1 fully saturated rings. The van der Waals surface area contributed by atoms with E-state index in [1.165, 1.54) is 12.1 Å². The highest BCUT2D eigenvalue weighted by Gasteiger charge is 2.24. The van der Waals surface area contributed by atoms with Crippen LogP contribution in [0.25, 0.3) is 0 Å². The Balaban J connectivity index is 0.00000288. The Morgan fingerprint density at radius 2 is 1.92 bits per heavy atom. The molecule has 1 heterocycles. The summed E-state index contributed by atoms with van der Waals surface area (Å²) in [6.07, 6.45) is 0. The number of nitrogens with one attached hydrogen (secondary N) is 1. The molecular weight excluding hydrogens is 368 g/mol. The van der Waals surface area contributed by atoms with E-state index in [9.17, 15) is 9.18 Å². The molecule has 25 heavy (non-hydrogen) atoms. The van der Waals surface area contributed by atoms with Crippen LogP contribution in [0.5, 0.6) is 5.75 Å². The molecule has 0 aliphatic carbocycles. The summed E-state index contributed by atoms with van der Waals surface area (Å²) in [5.74, 6) is 0.639. The molecule has 0 spiro atoms. The SMILES string of the molecule is CNCC(C)C(=O)N1CCN(Cc2cc(F)ccc2OC)CC1.Cl.Cl. The van der Waals surface area contributed by atoms with Crippen LogP contribution < -0.4 is 10.1 Å². The molecule has 0 bridgehead atoms. The van der Waals surface area contributed by atoms with Crippen LogP contribution in [0.15, 0.2) is 18.2 Å². The van der Waals surface area contributed by atoms with E-state index >= 15 is 0 Å². The van der Waals surface area contributed by atoms with Crippen molar-refractivity contribution in [3.05, 3.63) is 29.6 Å². The van der Waals surface area contributed by atoms with E-state index in [4.69, 9.17) is 4.74 Å². The van der Waals surface area contributed by atoms with Crippen molar-refractivity contribution in [1.29, 1.82) is 0 Å². The molecule has 8 heteroatoms. The predicted octanol–water partition coefficient (Wildman–Crippen LogP) is 2.18. The highest BCUT2D eigenvalue weighted by atomic mass is 35.5. The second-order valence-corrected chi connectivity index (χ2v) is 6.02. The zero-order valence-electron chi connectivity index (χ0n) is 15.0. The third kappa shape index (κ3) is 6.62. The van der Waals surface area contributed by atoms with Crippen molar-refractivity contribution in [2.75, 3.05) is 46.9 Å². The number of benzene rings is 1. The lowest BCUT2D eigenvalue weighted by atomic mass is 10.1. The fraction of sp³-hybridized carbons (Fsp3) is 0.588. The predicted molar refractivity (Wildman–Crippen MR) is 102 cm³/mol. The van der Waals surface area contributed by atoms with Crippen LogP contribution in [0.3, 0.4) is 0 Å². The van der Waals surface area contributed by atoms with Crippen molar-refractivity contribution < 1.29 is 13.9 Å². The first-order chi connectivity index (χ1) is 11.0. The maximum Gasteiger partial charge on any atom is 0.226 e. The maximum absolute atomic E-state index is 13.4. The molecule has 0 aromatic heterocycles. The Labute approximate surface area is 161 Å². The molecule has 0 saturated carbocycles. The van der Waals surface area contributed by atoms with Crippen molar-refractivity contribution in [3.63, 3.8) is 0 Å². The van der Waals surface area contributed by atoms with E-state index in [1.807, 2.05) is 18.9 Å². The second kappa shape index (κ2) is 11.5. The minimum absolute atomic E-state index is 0. The molecule has 1 amide bonds. The summed E-state index contributed by atoms with van der Waals surface area (Å²) in [4.78, 5) is 16.4. The van der Waals surface area contributed by atoms with Gasteiger partial charge >= 0.3 is 0 Å². The fourth-order valence-electron chi connectivity index (χ4n) is 2.94. The fourth-order valence-corrected chi connectivity index (χ4v) is 2.94. The second-order valence-electron chi connectivity index (χ2n) is 6.02. The quantitative estimate of drug-likeness (QED) is 0.801. The Morgan fingerprint density at radius 3 is 2.48 bits per heavy atom. The summed E-state index contributed by atoms with van der Waals surface area (Å²) in [6.45, 7) is 6.28. The maximum atomic E-state index is 13.4. The molecule has 5 nitrogen and oxygen atoms in total. The van der Waals surface area contributed by atoms with Crippen molar-refractivity contribution in [2.45, 2.75) is 13.5 Å². The number of piperazine rings is 1. The van der Waals surface area contributed by atoms with E-state index in [0.29, 0.717) is 31.9 Å². The first kappa shape index (κ1) is 23.9. The van der Waals surface area contributed by atoms with Gasteiger partial charge in [-0.05, 0) is 25.2 Å². The summed E-state index contributed by atoms with van der Waals surface area (Å²) in [5, 5.41) is 3.04. The lowest BCUT2D eigenvalue weighted by molar-refractivity contribution is -0.136.